The summed E-state index contributed by atoms with van der Waals surface area (Å²) in [5, 5.41) is 2.17. The van der Waals surface area contributed by atoms with Gasteiger partial charge in [-0.1, -0.05) is 45.5 Å². The Balaban J connectivity index is 1.89. The Labute approximate surface area is 139 Å². The lowest BCUT2D eigenvalue weighted by atomic mass is 10.2. The Hall–Kier alpha value is -2.11. The molecular weight excluding hydrogens is 358 g/mol. The lowest BCUT2D eigenvalue weighted by molar-refractivity contribution is 1.22. The first-order chi connectivity index (χ1) is 10.8. The largest absolute Gasteiger partial charge is 0.237 e. The molecule has 0 saturated heterocycles. The van der Waals surface area contributed by atoms with E-state index < -0.39 is 0 Å². The summed E-state index contributed by atoms with van der Waals surface area (Å²) in [4.78, 5) is 15.4. The van der Waals surface area contributed by atoms with Gasteiger partial charge in [-0.15, -0.1) is 0 Å². The van der Waals surface area contributed by atoms with Gasteiger partial charge in [-0.3, -0.25) is 0 Å². The Morgan fingerprint density at radius 2 is 1.77 bits per heavy atom. The molecule has 0 fully saturated rings. The summed E-state index contributed by atoms with van der Waals surface area (Å²) in [6.07, 6.45) is 1.84. The summed E-state index contributed by atoms with van der Waals surface area (Å²) in [6.45, 7) is 0. The van der Waals surface area contributed by atoms with Crippen molar-refractivity contribution in [2.75, 3.05) is 0 Å². The third-order valence-electron chi connectivity index (χ3n) is 3.27. The van der Waals surface area contributed by atoms with Gasteiger partial charge in [0.25, 0.3) is 0 Å². The monoisotopic (exact) mass is 367 g/mol. The number of fused-ring (bicyclic) bond motifs is 2. The highest BCUT2D eigenvalue weighted by Crippen LogP contribution is 2.20. The molecule has 2 aromatic heterocycles. The minimum Gasteiger partial charge on any atom is -0.237 e. The van der Waals surface area contributed by atoms with Gasteiger partial charge in [-0.05, 0) is 36.4 Å². The number of para-hydroxylation sites is 1. The van der Waals surface area contributed by atoms with Crippen molar-refractivity contribution in [1.29, 1.82) is 0 Å². The van der Waals surface area contributed by atoms with Crippen LogP contribution in [0.2, 0.25) is 0 Å². The molecule has 0 atom stereocenters. The summed E-state index contributed by atoms with van der Waals surface area (Å²) in [7, 11) is 0. The predicted molar refractivity (Wildman–Crippen MR) is 94.3 cm³/mol. The predicted octanol–water partition coefficient (Wildman–Crippen LogP) is 4.84. The number of hydrogen-bond acceptors (Lipinski definition) is 4. The number of aromatic nitrogens is 2. The van der Waals surface area contributed by atoms with Crippen LogP contribution in [0.3, 0.4) is 0 Å². The van der Waals surface area contributed by atoms with Gasteiger partial charge in [-0.2, -0.15) is 0 Å². The maximum Gasteiger partial charge on any atom is 0.211 e. The van der Waals surface area contributed by atoms with E-state index in [2.05, 4.69) is 38.0 Å². The van der Waals surface area contributed by atoms with Crippen LogP contribution in [0, 0.1) is 0 Å². The molecule has 0 spiro atoms. The van der Waals surface area contributed by atoms with E-state index in [-0.39, 0.29) is 0 Å². The van der Waals surface area contributed by atoms with E-state index in [0.717, 1.165) is 31.3 Å². The van der Waals surface area contributed by atoms with Crippen molar-refractivity contribution in [3.8, 4) is 0 Å². The molecule has 106 valence electrons. The van der Waals surface area contributed by atoms with Gasteiger partial charge in [0.05, 0.1) is 11.2 Å². The van der Waals surface area contributed by atoms with Gasteiger partial charge < -0.3 is 0 Å². The van der Waals surface area contributed by atoms with E-state index in [1.54, 1.807) is 0 Å². The van der Waals surface area contributed by atoms with E-state index in [4.69, 9.17) is 4.98 Å². The second-order valence-electron chi connectivity index (χ2n) is 4.81. The first kappa shape index (κ1) is 13.5. The molecule has 3 nitrogen and oxygen atoms in total. The molecule has 0 bridgehead atoms. The summed E-state index contributed by atoms with van der Waals surface area (Å²) in [6, 6.07) is 18.1. The van der Waals surface area contributed by atoms with Crippen LogP contribution in [0.1, 0.15) is 0 Å². The van der Waals surface area contributed by atoms with Crippen LogP contribution in [0.4, 0.5) is 5.69 Å². The van der Waals surface area contributed by atoms with E-state index >= 15 is 0 Å². The summed E-state index contributed by atoms with van der Waals surface area (Å²) >= 11 is 4.92. The van der Waals surface area contributed by atoms with Gasteiger partial charge >= 0.3 is 0 Å². The maximum absolute atomic E-state index is 4.71. The number of rotatable bonds is 1. The van der Waals surface area contributed by atoms with Crippen molar-refractivity contribution in [1.82, 2.24) is 9.97 Å². The first-order valence-electron chi connectivity index (χ1n) is 6.74. The van der Waals surface area contributed by atoms with Crippen LogP contribution in [0.25, 0.3) is 21.1 Å². The summed E-state index contributed by atoms with van der Waals surface area (Å²) < 4.78 is 1.04. The Morgan fingerprint density at radius 3 is 2.64 bits per heavy atom. The zero-order valence-corrected chi connectivity index (χ0v) is 13.8. The van der Waals surface area contributed by atoms with Crippen molar-refractivity contribution in [3.05, 3.63) is 70.1 Å². The molecule has 0 radical (unpaired) electrons. The van der Waals surface area contributed by atoms with Crippen molar-refractivity contribution in [2.45, 2.75) is 0 Å². The highest BCUT2D eigenvalue weighted by molar-refractivity contribution is 9.10. The van der Waals surface area contributed by atoms with Gasteiger partial charge in [-0.25, -0.2) is 15.0 Å². The molecule has 5 heteroatoms. The van der Waals surface area contributed by atoms with Crippen LogP contribution < -0.4 is 4.80 Å². The van der Waals surface area contributed by atoms with E-state index in [1.807, 2.05) is 48.7 Å². The number of pyridine rings is 1. The number of nitrogens with zero attached hydrogens (tertiary/aromatic N) is 3. The fraction of sp³-hybridized carbons (Fsp3) is 0. The van der Waals surface area contributed by atoms with Gasteiger partial charge in [0, 0.05) is 21.4 Å². The topological polar surface area (TPSA) is 38.1 Å². The fourth-order valence-electron chi connectivity index (χ4n) is 2.20. The summed E-state index contributed by atoms with van der Waals surface area (Å²) in [5.41, 5.74) is 1.87. The molecule has 22 heavy (non-hydrogen) atoms. The molecule has 2 aromatic carbocycles. The average Bonchev–Trinajstić information content (AvgIpc) is 2.55. The number of benzene rings is 2. The van der Waals surface area contributed by atoms with E-state index in [0.29, 0.717) is 4.80 Å². The molecule has 0 N–H and O–H groups in total. The van der Waals surface area contributed by atoms with Gasteiger partial charge in [0.1, 0.15) is 4.83 Å². The van der Waals surface area contributed by atoms with E-state index in [9.17, 15) is 0 Å². The Bertz CT molecular complexity index is 1040. The average molecular weight is 368 g/mol. The standard InChI is InChI=1S/C17H10BrN3S/c18-13-5-7-14(8-6-13)20-17-19-10-12-9-11-3-1-2-4-15(11)21-16(12)22-17/h1-10H. The molecule has 4 rings (SSSR count). The zero-order chi connectivity index (χ0) is 14.9. The normalized spacial score (nSPS) is 12.1. The molecule has 2 heterocycles. The Kier molecular flexibility index (Phi) is 3.44. The first-order valence-corrected chi connectivity index (χ1v) is 8.35. The molecular formula is C17H10BrN3S. The van der Waals surface area contributed by atoms with Crippen LogP contribution in [0.5, 0.6) is 0 Å². The molecule has 0 unspecified atom stereocenters. The lowest BCUT2D eigenvalue weighted by Gasteiger charge is -2.00. The molecule has 0 saturated carbocycles. The quantitative estimate of drug-likeness (QED) is 0.451. The fourth-order valence-corrected chi connectivity index (χ4v) is 3.27. The molecule has 0 amide bonds. The van der Waals surface area contributed by atoms with Gasteiger partial charge in [0.15, 0.2) is 0 Å². The third kappa shape index (κ3) is 2.65. The van der Waals surface area contributed by atoms with Gasteiger partial charge in [0.2, 0.25) is 4.80 Å². The molecule has 0 aliphatic rings. The van der Waals surface area contributed by atoms with Crippen molar-refractivity contribution in [2.24, 2.45) is 4.99 Å². The van der Waals surface area contributed by atoms with Crippen molar-refractivity contribution < 1.29 is 0 Å². The minimum atomic E-state index is 0.706. The second-order valence-corrected chi connectivity index (χ2v) is 6.68. The third-order valence-corrected chi connectivity index (χ3v) is 4.70. The van der Waals surface area contributed by atoms with Crippen LogP contribution in [0.15, 0.2) is 70.3 Å². The minimum absolute atomic E-state index is 0.706. The maximum atomic E-state index is 4.71. The van der Waals surface area contributed by atoms with Crippen LogP contribution >= 0.6 is 27.3 Å². The Morgan fingerprint density at radius 1 is 0.955 bits per heavy atom. The molecule has 0 aliphatic heterocycles. The van der Waals surface area contributed by atoms with Crippen molar-refractivity contribution in [3.63, 3.8) is 0 Å². The molecule has 0 aliphatic carbocycles. The van der Waals surface area contributed by atoms with Crippen LogP contribution in [-0.4, -0.2) is 9.97 Å². The van der Waals surface area contributed by atoms with Crippen molar-refractivity contribution >= 4 is 54.1 Å². The highest BCUT2D eigenvalue weighted by atomic mass is 79.9. The smallest absolute Gasteiger partial charge is 0.211 e. The molecule has 4 aromatic rings. The number of halogens is 1. The second kappa shape index (κ2) is 5.59. The van der Waals surface area contributed by atoms with Crippen LogP contribution in [-0.2, 0) is 0 Å². The zero-order valence-electron chi connectivity index (χ0n) is 11.4. The SMILES string of the molecule is Brc1ccc(N=c2ncc3cc4ccccc4nc3s2)cc1. The lowest BCUT2D eigenvalue weighted by Crippen LogP contribution is -2.01. The van der Waals surface area contributed by atoms with E-state index in [1.165, 1.54) is 11.3 Å². The number of hydrogen-bond donors (Lipinski definition) is 0. The highest BCUT2D eigenvalue weighted by Gasteiger charge is 2.01. The summed E-state index contributed by atoms with van der Waals surface area (Å²) in [5.74, 6) is 0.